The van der Waals surface area contributed by atoms with Crippen LogP contribution < -0.4 is 0 Å². The molecule has 0 amide bonds. The zero-order valence-corrected chi connectivity index (χ0v) is 21.4. The van der Waals surface area contributed by atoms with Crippen molar-refractivity contribution in [2.24, 2.45) is 23.7 Å². The monoisotopic (exact) mass is 452 g/mol. The highest BCUT2D eigenvalue weighted by Crippen LogP contribution is 2.42. The molecule has 0 spiro atoms. The van der Waals surface area contributed by atoms with E-state index >= 15 is 0 Å². The van der Waals surface area contributed by atoms with Crippen molar-refractivity contribution in [3.05, 3.63) is 35.4 Å². The van der Waals surface area contributed by atoms with Crippen LogP contribution in [0.5, 0.6) is 0 Å². The average Bonchev–Trinajstić information content (AvgIpc) is 2.86. The lowest BCUT2D eigenvalue weighted by Crippen LogP contribution is -2.29. The normalized spacial score (nSPS) is 32.9. The lowest BCUT2D eigenvalue weighted by atomic mass is 9.70. The van der Waals surface area contributed by atoms with E-state index in [0.717, 1.165) is 42.1 Å². The minimum atomic E-state index is -0.114. The topological polar surface area (TPSA) is 26.3 Å². The fourth-order valence-electron chi connectivity index (χ4n) is 7.34. The first-order valence-electron chi connectivity index (χ1n) is 14.5. The predicted molar refractivity (Wildman–Crippen MR) is 138 cm³/mol. The Bertz CT molecular complexity index is 699. The van der Waals surface area contributed by atoms with Crippen LogP contribution in [0, 0.1) is 23.7 Å². The van der Waals surface area contributed by atoms with Gasteiger partial charge in [-0.1, -0.05) is 64.5 Å². The van der Waals surface area contributed by atoms with Gasteiger partial charge in [0.15, 0.2) is 0 Å². The summed E-state index contributed by atoms with van der Waals surface area (Å²) in [6.07, 6.45) is 21.3. The van der Waals surface area contributed by atoms with Gasteiger partial charge in [-0.15, -0.1) is 0 Å². The van der Waals surface area contributed by atoms with Crippen LogP contribution in [-0.4, -0.2) is 12.1 Å². The zero-order valence-electron chi connectivity index (χ0n) is 21.4. The second kappa shape index (κ2) is 12.4. The summed E-state index contributed by atoms with van der Waals surface area (Å²) in [6.45, 7) is 4.62. The van der Waals surface area contributed by atoms with Crippen LogP contribution in [0.3, 0.4) is 0 Å². The molecule has 0 aromatic heterocycles. The third-order valence-corrected chi connectivity index (χ3v) is 9.41. The van der Waals surface area contributed by atoms with Crippen LogP contribution in [0.1, 0.15) is 138 Å². The minimum Gasteiger partial charge on any atom is -0.459 e. The molecule has 33 heavy (non-hydrogen) atoms. The SMILES string of the molecule is CCCC1CCC(c2ccc(C(=O)OC3CCC(C4CCC(CCC)CC4)CC3)cc2)CC1. The number of rotatable bonds is 8. The Morgan fingerprint density at radius 1 is 0.697 bits per heavy atom. The Morgan fingerprint density at radius 2 is 1.18 bits per heavy atom. The molecule has 1 aromatic rings. The molecule has 184 valence electrons. The summed E-state index contributed by atoms with van der Waals surface area (Å²) in [5.41, 5.74) is 2.14. The number of carbonyl (C=O) groups is 1. The molecule has 0 atom stereocenters. The first kappa shape index (κ1) is 24.8. The van der Waals surface area contributed by atoms with Gasteiger partial charge < -0.3 is 4.74 Å². The fraction of sp³-hybridized carbons (Fsp3) is 0.774. The quantitative estimate of drug-likeness (QED) is 0.368. The summed E-state index contributed by atoms with van der Waals surface area (Å²) in [5.74, 6) is 4.29. The molecule has 0 N–H and O–H groups in total. The first-order chi connectivity index (χ1) is 16.2. The van der Waals surface area contributed by atoms with Crippen LogP contribution in [0.2, 0.25) is 0 Å². The third-order valence-electron chi connectivity index (χ3n) is 9.41. The Labute approximate surface area is 203 Å². The molecule has 1 aromatic carbocycles. The summed E-state index contributed by atoms with van der Waals surface area (Å²) in [7, 11) is 0. The zero-order chi connectivity index (χ0) is 23.0. The van der Waals surface area contributed by atoms with Gasteiger partial charge in [0.05, 0.1) is 5.56 Å². The molecule has 3 fully saturated rings. The summed E-state index contributed by atoms with van der Waals surface area (Å²) in [6, 6.07) is 8.40. The van der Waals surface area contributed by atoms with E-state index in [-0.39, 0.29) is 12.1 Å². The van der Waals surface area contributed by atoms with E-state index in [1.165, 1.54) is 95.5 Å². The summed E-state index contributed by atoms with van der Waals surface area (Å²) in [4.78, 5) is 12.8. The van der Waals surface area contributed by atoms with Crippen molar-refractivity contribution in [1.29, 1.82) is 0 Å². The summed E-state index contributed by atoms with van der Waals surface area (Å²) >= 11 is 0. The van der Waals surface area contributed by atoms with Crippen molar-refractivity contribution in [3.8, 4) is 0 Å². The minimum absolute atomic E-state index is 0.114. The number of benzene rings is 1. The fourth-order valence-corrected chi connectivity index (χ4v) is 7.34. The molecule has 0 saturated heterocycles. The summed E-state index contributed by atoms with van der Waals surface area (Å²) < 4.78 is 5.95. The van der Waals surface area contributed by atoms with Gasteiger partial charge in [-0.3, -0.25) is 0 Å². The molecule has 2 nitrogen and oxygen atoms in total. The van der Waals surface area contributed by atoms with Gasteiger partial charge in [0.2, 0.25) is 0 Å². The van der Waals surface area contributed by atoms with E-state index in [4.69, 9.17) is 4.74 Å². The van der Waals surface area contributed by atoms with Gasteiger partial charge in [0.1, 0.15) is 6.10 Å². The van der Waals surface area contributed by atoms with E-state index in [1.807, 2.05) is 12.1 Å². The number of hydrogen-bond donors (Lipinski definition) is 0. The van der Waals surface area contributed by atoms with Crippen molar-refractivity contribution in [2.45, 2.75) is 129 Å². The number of ether oxygens (including phenoxy) is 1. The van der Waals surface area contributed by atoms with Crippen molar-refractivity contribution in [2.75, 3.05) is 0 Å². The van der Waals surface area contributed by atoms with Gasteiger partial charge in [0.25, 0.3) is 0 Å². The Kier molecular flexibility index (Phi) is 9.33. The molecule has 0 unspecified atom stereocenters. The van der Waals surface area contributed by atoms with E-state index < -0.39 is 0 Å². The van der Waals surface area contributed by atoms with Gasteiger partial charge in [-0.2, -0.15) is 0 Å². The maximum Gasteiger partial charge on any atom is 0.338 e. The van der Waals surface area contributed by atoms with Crippen molar-refractivity contribution < 1.29 is 9.53 Å². The van der Waals surface area contributed by atoms with E-state index in [9.17, 15) is 4.79 Å². The summed E-state index contributed by atoms with van der Waals surface area (Å²) in [5, 5.41) is 0. The molecule has 0 bridgehead atoms. The lowest BCUT2D eigenvalue weighted by molar-refractivity contribution is 0.0109. The predicted octanol–water partition coefficient (Wildman–Crippen LogP) is 9.08. The Balaban J connectivity index is 1.19. The maximum absolute atomic E-state index is 12.8. The molecule has 2 heteroatoms. The highest BCUT2D eigenvalue weighted by Gasteiger charge is 2.32. The van der Waals surface area contributed by atoms with Crippen LogP contribution in [0.4, 0.5) is 0 Å². The van der Waals surface area contributed by atoms with Crippen LogP contribution in [0.15, 0.2) is 24.3 Å². The maximum atomic E-state index is 12.8. The smallest absolute Gasteiger partial charge is 0.338 e. The molecule has 0 aliphatic heterocycles. The standard InChI is InChI=1S/C31H48O2/c1-3-5-23-7-11-25(12-8-23)27-15-17-29(18-16-27)31(32)33-30-21-19-28(20-22-30)26-13-9-24(6-4-2)10-14-26/h15-18,23-26,28,30H,3-14,19-22H2,1-2H3. The number of carbonyl (C=O) groups excluding carboxylic acids is 1. The Hall–Kier alpha value is -1.31. The molecule has 3 aliphatic carbocycles. The Morgan fingerprint density at radius 3 is 1.70 bits per heavy atom. The van der Waals surface area contributed by atoms with Crippen LogP contribution in [-0.2, 0) is 4.74 Å². The van der Waals surface area contributed by atoms with Gasteiger partial charge in [0, 0.05) is 0 Å². The lowest BCUT2D eigenvalue weighted by Gasteiger charge is -2.37. The number of hydrogen-bond acceptors (Lipinski definition) is 2. The highest BCUT2D eigenvalue weighted by molar-refractivity contribution is 5.89. The molecule has 3 aliphatic rings. The van der Waals surface area contributed by atoms with Gasteiger partial charge in [-0.05, 0) is 111 Å². The van der Waals surface area contributed by atoms with Crippen LogP contribution in [0.25, 0.3) is 0 Å². The van der Waals surface area contributed by atoms with E-state index in [1.54, 1.807) is 0 Å². The third kappa shape index (κ3) is 6.86. The molecular formula is C31H48O2. The molecular weight excluding hydrogens is 404 g/mol. The molecule has 0 radical (unpaired) electrons. The second-order valence-electron chi connectivity index (χ2n) is 11.6. The molecule has 3 saturated carbocycles. The van der Waals surface area contributed by atoms with Gasteiger partial charge >= 0.3 is 5.97 Å². The van der Waals surface area contributed by atoms with Gasteiger partial charge in [-0.25, -0.2) is 4.79 Å². The largest absolute Gasteiger partial charge is 0.459 e. The van der Waals surface area contributed by atoms with E-state index in [0.29, 0.717) is 5.92 Å². The highest BCUT2D eigenvalue weighted by atomic mass is 16.5. The van der Waals surface area contributed by atoms with Crippen molar-refractivity contribution in [3.63, 3.8) is 0 Å². The average molecular weight is 453 g/mol. The second-order valence-corrected chi connectivity index (χ2v) is 11.6. The number of esters is 1. The first-order valence-corrected chi connectivity index (χ1v) is 14.5. The van der Waals surface area contributed by atoms with Crippen molar-refractivity contribution in [1.82, 2.24) is 0 Å². The van der Waals surface area contributed by atoms with Crippen LogP contribution >= 0.6 is 0 Å². The molecule has 4 rings (SSSR count). The van der Waals surface area contributed by atoms with E-state index in [2.05, 4.69) is 26.0 Å². The molecule has 0 heterocycles. The van der Waals surface area contributed by atoms with Crippen molar-refractivity contribution >= 4 is 5.97 Å².